The van der Waals surface area contributed by atoms with Crippen LogP contribution in [0.3, 0.4) is 0 Å². The van der Waals surface area contributed by atoms with Gasteiger partial charge in [-0.1, -0.05) is 40.6 Å². The van der Waals surface area contributed by atoms with Crippen molar-refractivity contribution in [3.8, 4) is 0 Å². The largest absolute Gasteiger partial charge is 1.00 e. The Morgan fingerprint density at radius 2 is 1.70 bits per heavy atom. The second-order valence-corrected chi connectivity index (χ2v) is 3.96. The Hall–Kier alpha value is -2.40. The second-order valence-electron chi connectivity index (χ2n) is 3.96. The molecule has 6 heteroatoms. The molecule has 0 aliphatic heterocycles. The summed E-state index contributed by atoms with van der Waals surface area (Å²) in [5.74, 6) is 0. The van der Waals surface area contributed by atoms with Crippen LogP contribution in [0.1, 0.15) is 11.1 Å². The molecule has 0 saturated heterocycles. The van der Waals surface area contributed by atoms with Gasteiger partial charge in [-0.25, -0.2) is 0 Å². The van der Waals surface area contributed by atoms with Gasteiger partial charge in [0.15, 0.2) is 24.7 Å². The topological polar surface area (TPSA) is 69.1 Å². The third-order valence-electron chi connectivity index (χ3n) is 2.68. The minimum absolute atomic E-state index is 0. The first-order chi connectivity index (χ1) is 9.33. The van der Waals surface area contributed by atoms with E-state index in [1.807, 2.05) is 47.3 Å². The molecular weight excluding hydrogens is 278 g/mol. The van der Waals surface area contributed by atoms with Crippen LogP contribution in [0, 0.1) is 0 Å². The highest BCUT2D eigenvalue weighted by Gasteiger charge is 2.10. The Morgan fingerprint density at radius 1 is 1.05 bits per heavy atom. The van der Waals surface area contributed by atoms with Gasteiger partial charge < -0.3 is 22.8 Å². The molecule has 0 aliphatic rings. The van der Waals surface area contributed by atoms with Crippen molar-refractivity contribution in [3.05, 3.63) is 66.0 Å². The summed E-state index contributed by atoms with van der Waals surface area (Å²) in [7, 11) is 0. The van der Waals surface area contributed by atoms with Gasteiger partial charge in [0, 0.05) is 23.3 Å². The normalized spacial score (nSPS) is 11.3. The number of aromatic nitrogens is 1. The van der Waals surface area contributed by atoms with Crippen LogP contribution in [-0.4, -0.2) is 22.3 Å². The molecular formula is C14H14ClN3O2. The number of hydrogen-bond acceptors (Lipinski definition) is 4. The van der Waals surface area contributed by atoms with E-state index in [1.165, 1.54) is 6.21 Å². The van der Waals surface area contributed by atoms with Gasteiger partial charge in [0.1, 0.15) is 0 Å². The van der Waals surface area contributed by atoms with E-state index >= 15 is 0 Å². The van der Waals surface area contributed by atoms with Gasteiger partial charge in [0.05, 0.1) is 6.21 Å². The van der Waals surface area contributed by atoms with Gasteiger partial charge in [-0.15, -0.1) is 0 Å². The molecule has 1 aromatic carbocycles. The number of halogens is 1. The minimum Gasteiger partial charge on any atom is -1.00 e. The fourth-order valence-electron chi connectivity index (χ4n) is 1.71. The molecule has 0 saturated carbocycles. The van der Waals surface area contributed by atoms with Gasteiger partial charge >= 0.3 is 0 Å². The highest BCUT2D eigenvalue weighted by Crippen LogP contribution is 2.01. The fourth-order valence-corrected chi connectivity index (χ4v) is 1.71. The Labute approximate surface area is 122 Å². The molecule has 0 bridgehead atoms. The Balaban J connectivity index is 0.00000200. The van der Waals surface area contributed by atoms with Crippen LogP contribution in [0.5, 0.6) is 0 Å². The molecule has 104 valence electrons. The fraction of sp³-hybridized carbons (Fsp3) is 0.0714. The van der Waals surface area contributed by atoms with Gasteiger partial charge in [0.2, 0.25) is 0 Å². The third-order valence-corrected chi connectivity index (χ3v) is 2.68. The van der Waals surface area contributed by atoms with E-state index in [2.05, 4.69) is 10.3 Å². The Kier molecular flexibility index (Phi) is 6.19. The van der Waals surface area contributed by atoms with E-state index < -0.39 is 0 Å². The summed E-state index contributed by atoms with van der Waals surface area (Å²) < 4.78 is 1.87. The van der Waals surface area contributed by atoms with Crippen molar-refractivity contribution in [1.29, 1.82) is 0 Å². The lowest BCUT2D eigenvalue weighted by atomic mass is 10.1. The average molecular weight is 292 g/mol. The molecule has 1 aromatic heterocycles. The lowest BCUT2D eigenvalue weighted by Gasteiger charge is -2.01. The predicted molar refractivity (Wildman–Crippen MR) is 70.8 cm³/mol. The zero-order chi connectivity index (χ0) is 13.5. The number of pyridine rings is 1. The maximum atomic E-state index is 9.10. The summed E-state index contributed by atoms with van der Waals surface area (Å²) in [6.07, 6.45) is 5.00. The molecule has 2 rings (SSSR count). The molecule has 20 heavy (non-hydrogen) atoms. The van der Waals surface area contributed by atoms with E-state index in [0.29, 0.717) is 12.3 Å². The Morgan fingerprint density at radius 3 is 2.25 bits per heavy atom. The SMILES string of the molecule is ON=Cc1cc[n+](CC(=NO)c2ccccc2)cc1.[Cl-]. The highest BCUT2D eigenvalue weighted by atomic mass is 35.5. The first-order valence-corrected chi connectivity index (χ1v) is 5.76. The first kappa shape index (κ1) is 15.7. The van der Waals surface area contributed by atoms with Crippen molar-refractivity contribution in [3.63, 3.8) is 0 Å². The summed E-state index contributed by atoms with van der Waals surface area (Å²) in [6, 6.07) is 13.1. The van der Waals surface area contributed by atoms with E-state index in [-0.39, 0.29) is 12.4 Å². The molecule has 2 aromatic rings. The van der Waals surface area contributed by atoms with Crippen LogP contribution in [0.4, 0.5) is 0 Å². The van der Waals surface area contributed by atoms with Crippen molar-refractivity contribution in [2.24, 2.45) is 10.3 Å². The monoisotopic (exact) mass is 291 g/mol. The molecule has 1 heterocycles. The van der Waals surface area contributed by atoms with Crippen molar-refractivity contribution in [2.45, 2.75) is 6.54 Å². The van der Waals surface area contributed by atoms with Crippen molar-refractivity contribution in [2.75, 3.05) is 0 Å². The third kappa shape index (κ3) is 4.07. The molecule has 0 radical (unpaired) electrons. The van der Waals surface area contributed by atoms with Gasteiger partial charge in [-0.2, -0.15) is 4.57 Å². The summed E-state index contributed by atoms with van der Waals surface area (Å²) in [5.41, 5.74) is 2.24. The van der Waals surface area contributed by atoms with E-state index in [9.17, 15) is 0 Å². The Bertz CT molecular complexity index is 583. The number of rotatable bonds is 4. The van der Waals surface area contributed by atoms with Gasteiger partial charge in [-0.3, -0.25) is 0 Å². The summed E-state index contributed by atoms with van der Waals surface area (Å²) in [6.45, 7) is 0.455. The summed E-state index contributed by atoms with van der Waals surface area (Å²) >= 11 is 0. The lowest BCUT2D eigenvalue weighted by molar-refractivity contribution is -0.681. The predicted octanol–water partition coefficient (Wildman–Crippen LogP) is -1.34. The molecule has 0 fully saturated rings. The lowest BCUT2D eigenvalue weighted by Crippen LogP contribution is -3.00. The second kappa shape index (κ2) is 7.91. The standard InChI is InChI=1S/C14H13N3O2.ClH/c18-15-10-12-6-8-17(9-7-12)11-14(16-19)13-4-2-1-3-5-13;/h1-10,19H,11H2;1H. The minimum atomic E-state index is 0. The molecule has 0 aliphatic carbocycles. The molecule has 5 nitrogen and oxygen atoms in total. The molecule has 0 spiro atoms. The van der Waals surface area contributed by atoms with Crippen LogP contribution < -0.4 is 17.0 Å². The van der Waals surface area contributed by atoms with Gasteiger partial charge in [-0.05, 0) is 0 Å². The van der Waals surface area contributed by atoms with Crippen LogP contribution in [0.2, 0.25) is 0 Å². The van der Waals surface area contributed by atoms with Crippen molar-refractivity contribution >= 4 is 11.9 Å². The summed E-state index contributed by atoms with van der Waals surface area (Å²) in [4.78, 5) is 0. The van der Waals surface area contributed by atoms with Crippen LogP contribution in [0.15, 0.2) is 65.2 Å². The highest BCUT2D eigenvalue weighted by molar-refractivity contribution is 5.99. The van der Waals surface area contributed by atoms with Crippen LogP contribution >= 0.6 is 0 Å². The van der Waals surface area contributed by atoms with Crippen LogP contribution in [0.25, 0.3) is 0 Å². The van der Waals surface area contributed by atoms with Crippen molar-refractivity contribution < 1.29 is 27.4 Å². The first-order valence-electron chi connectivity index (χ1n) is 5.76. The summed E-state index contributed by atoms with van der Waals surface area (Å²) in [5, 5.41) is 23.8. The molecule has 0 unspecified atom stereocenters. The maximum Gasteiger partial charge on any atom is 0.194 e. The van der Waals surface area contributed by atoms with E-state index in [0.717, 1.165) is 11.1 Å². The van der Waals surface area contributed by atoms with Crippen LogP contribution in [-0.2, 0) is 6.54 Å². The number of oxime groups is 2. The van der Waals surface area contributed by atoms with E-state index in [4.69, 9.17) is 10.4 Å². The molecule has 0 amide bonds. The van der Waals surface area contributed by atoms with Gasteiger partial charge in [0.25, 0.3) is 0 Å². The number of benzene rings is 1. The zero-order valence-corrected chi connectivity index (χ0v) is 11.4. The average Bonchev–Trinajstić information content (AvgIpc) is 2.48. The van der Waals surface area contributed by atoms with Crippen molar-refractivity contribution in [1.82, 2.24) is 0 Å². The molecule has 0 atom stereocenters. The number of nitrogens with zero attached hydrogens (tertiary/aromatic N) is 3. The maximum absolute atomic E-state index is 9.10. The van der Waals surface area contributed by atoms with E-state index in [1.54, 1.807) is 12.1 Å². The smallest absolute Gasteiger partial charge is 0.194 e. The number of hydrogen-bond donors (Lipinski definition) is 2. The zero-order valence-electron chi connectivity index (χ0n) is 10.6. The quantitative estimate of drug-likeness (QED) is 0.317. The molecule has 2 N–H and O–H groups in total.